The topological polar surface area (TPSA) is 69.5 Å². The molecule has 0 radical (unpaired) electrons. The number of piperidine rings is 1. The second-order valence-electron chi connectivity index (χ2n) is 8.39. The van der Waals surface area contributed by atoms with Gasteiger partial charge in [-0.1, -0.05) is 15.9 Å². The van der Waals surface area contributed by atoms with Crippen molar-refractivity contribution in [3.8, 4) is 11.7 Å². The summed E-state index contributed by atoms with van der Waals surface area (Å²) in [5, 5.41) is 1.12. The number of fused-ring (bicyclic) bond motifs is 1. The first kappa shape index (κ1) is 20.7. The predicted molar refractivity (Wildman–Crippen MR) is 118 cm³/mol. The largest absolute Gasteiger partial charge is 0.474 e. The number of amides is 1. The minimum atomic E-state index is -0.486. The molecule has 0 aliphatic carbocycles. The van der Waals surface area contributed by atoms with Gasteiger partial charge in [0.05, 0.1) is 5.52 Å². The van der Waals surface area contributed by atoms with E-state index in [0.29, 0.717) is 19.0 Å². The zero-order chi connectivity index (χ0) is 21.3. The van der Waals surface area contributed by atoms with Crippen LogP contribution in [0.25, 0.3) is 16.7 Å². The summed E-state index contributed by atoms with van der Waals surface area (Å²) in [6, 6.07) is 10.0. The van der Waals surface area contributed by atoms with Crippen LogP contribution in [-0.4, -0.2) is 50.3 Å². The van der Waals surface area contributed by atoms with Gasteiger partial charge in [-0.3, -0.25) is 0 Å². The van der Waals surface area contributed by atoms with Crippen LogP contribution in [0.15, 0.2) is 47.3 Å². The molecule has 1 aliphatic rings. The van der Waals surface area contributed by atoms with Crippen LogP contribution in [0, 0.1) is 0 Å². The first-order chi connectivity index (χ1) is 14.3. The summed E-state index contributed by atoms with van der Waals surface area (Å²) in [5.74, 6) is 1.29. The van der Waals surface area contributed by atoms with Gasteiger partial charge in [0.25, 0.3) is 0 Å². The van der Waals surface area contributed by atoms with Gasteiger partial charge in [-0.2, -0.15) is 0 Å². The lowest BCUT2D eigenvalue weighted by atomic mass is 10.1. The molecule has 4 rings (SSSR count). The second-order valence-corrected chi connectivity index (χ2v) is 9.30. The second kappa shape index (κ2) is 8.26. The maximum Gasteiger partial charge on any atom is 0.410 e. The number of ether oxygens (including phenoxy) is 2. The minimum absolute atomic E-state index is 0.00352. The Morgan fingerprint density at radius 1 is 1.13 bits per heavy atom. The number of aromatic nitrogens is 3. The lowest BCUT2D eigenvalue weighted by molar-refractivity contribution is 0.0123. The Labute approximate surface area is 184 Å². The summed E-state index contributed by atoms with van der Waals surface area (Å²) in [5.41, 5.74) is 0.578. The molecule has 2 aromatic heterocycles. The van der Waals surface area contributed by atoms with Gasteiger partial charge in [-0.15, -0.1) is 0 Å². The summed E-state index contributed by atoms with van der Waals surface area (Å²) in [6.07, 6.45) is 4.71. The Balaban J connectivity index is 1.41. The highest BCUT2D eigenvalue weighted by molar-refractivity contribution is 9.10. The molecule has 0 saturated carbocycles. The third-order valence-corrected chi connectivity index (χ3v) is 5.40. The Morgan fingerprint density at radius 3 is 2.63 bits per heavy atom. The van der Waals surface area contributed by atoms with E-state index in [4.69, 9.17) is 9.47 Å². The highest BCUT2D eigenvalue weighted by atomic mass is 79.9. The van der Waals surface area contributed by atoms with Crippen molar-refractivity contribution in [1.29, 1.82) is 0 Å². The summed E-state index contributed by atoms with van der Waals surface area (Å²) in [4.78, 5) is 22.6. The molecular formula is C22H25BrN4O3. The fourth-order valence-electron chi connectivity index (χ4n) is 3.49. The summed E-state index contributed by atoms with van der Waals surface area (Å²) in [6.45, 7) is 6.84. The number of benzene rings is 1. The lowest BCUT2D eigenvalue weighted by Crippen LogP contribution is -2.44. The van der Waals surface area contributed by atoms with E-state index >= 15 is 0 Å². The van der Waals surface area contributed by atoms with Crippen LogP contribution in [0.2, 0.25) is 0 Å². The van der Waals surface area contributed by atoms with Crippen molar-refractivity contribution >= 4 is 32.9 Å². The van der Waals surface area contributed by atoms with Crippen LogP contribution in [0.4, 0.5) is 4.79 Å². The van der Waals surface area contributed by atoms with E-state index in [1.807, 2.05) is 43.7 Å². The monoisotopic (exact) mass is 472 g/mol. The van der Waals surface area contributed by atoms with Crippen LogP contribution in [0.1, 0.15) is 33.6 Å². The SMILES string of the molecule is CC(C)(C)OC(=O)N1CCC(Oc2cc(-n3ccc4cc(Br)ccc43)ncn2)CC1. The fourth-order valence-corrected chi connectivity index (χ4v) is 3.87. The zero-order valence-electron chi connectivity index (χ0n) is 17.3. The molecule has 0 N–H and O–H groups in total. The minimum Gasteiger partial charge on any atom is -0.474 e. The number of halogens is 1. The van der Waals surface area contributed by atoms with E-state index in [1.54, 1.807) is 4.90 Å². The molecule has 3 aromatic rings. The standard InChI is InChI=1S/C22H25BrN4O3/c1-22(2,3)30-21(28)26-9-7-17(8-10-26)29-20-13-19(24-14-25-20)27-11-6-15-12-16(23)4-5-18(15)27/h4-6,11-14,17H,7-10H2,1-3H3. The van der Waals surface area contributed by atoms with Gasteiger partial charge in [-0.05, 0) is 45.0 Å². The first-order valence-corrected chi connectivity index (χ1v) is 10.8. The number of carbonyl (C=O) groups excluding carboxylic acids is 1. The third-order valence-electron chi connectivity index (χ3n) is 4.91. The molecule has 0 bridgehead atoms. The molecule has 1 aliphatic heterocycles. The fraction of sp³-hybridized carbons (Fsp3) is 0.409. The van der Waals surface area contributed by atoms with Gasteiger partial charge in [-0.25, -0.2) is 14.8 Å². The number of nitrogens with zero attached hydrogens (tertiary/aromatic N) is 4. The van der Waals surface area contributed by atoms with Crippen LogP contribution < -0.4 is 4.74 Å². The van der Waals surface area contributed by atoms with Gasteiger partial charge < -0.3 is 18.9 Å². The predicted octanol–water partition coefficient (Wildman–Crippen LogP) is 4.96. The highest BCUT2D eigenvalue weighted by Gasteiger charge is 2.27. The maximum atomic E-state index is 12.2. The first-order valence-electron chi connectivity index (χ1n) is 10.0. The molecule has 30 heavy (non-hydrogen) atoms. The van der Waals surface area contributed by atoms with Crippen LogP contribution in [-0.2, 0) is 4.74 Å². The van der Waals surface area contributed by atoms with Gasteiger partial charge in [0.1, 0.15) is 23.9 Å². The zero-order valence-corrected chi connectivity index (χ0v) is 18.9. The average Bonchev–Trinajstić information content (AvgIpc) is 3.10. The van der Waals surface area contributed by atoms with Crippen molar-refractivity contribution in [3.05, 3.63) is 47.3 Å². The van der Waals surface area contributed by atoms with Crippen LogP contribution in [0.5, 0.6) is 5.88 Å². The molecule has 1 aromatic carbocycles. The van der Waals surface area contributed by atoms with Crippen molar-refractivity contribution < 1.29 is 14.3 Å². The van der Waals surface area contributed by atoms with E-state index in [2.05, 4.69) is 44.1 Å². The number of hydrogen-bond donors (Lipinski definition) is 0. The highest BCUT2D eigenvalue weighted by Crippen LogP contribution is 2.25. The maximum absolute atomic E-state index is 12.2. The molecule has 7 nitrogen and oxygen atoms in total. The summed E-state index contributed by atoms with van der Waals surface area (Å²) < 4.78 is 14.6. The number of rotatable bonds is 3. The van der Waals surface area contributed by atoms with Crippen molar-refractivity contribution in [2.45, 2.75) is 45.3 Å². The Morgan fingerprint density at radius 2 is 1.90 bits per heavy atom. The quantitative estimate of drug-likeness (QED) is 0.538. The molecule has 0 atom stereocenters. The summed E-state index contributed by atoms with van der Waals surface area (Å²) in [7, 11) is 0. The molecule has 158 valence electrons. The average molecular weight is 473 g/mol. The molecule has 1 amide bonds. The lowest BCUT2D eigenvalue weighted by Gasteiger charge is -2.33. The number of carbonyl (C=O) groups is 1. The van der Waals surface area contributed by atoms with Gasteiger partial charge in [0.15, 0.2) is 0 Å². The number of likely N-dealkylation sites (tertiary alicyclic amines) is 1. The van der Waals surface area contributed by atoms with Crippen molar-refractivity contribution in [1.82, 2.24) is 19.4 Å². The van der Waals surface area contributed by atoms with E-state index in [-0.39, 0.29) is 12.2 Å². The van der Waals surface area contributed by atoms with E-state index < -0.39 is 5.60 Å². The third kappa shape index (κ3) is 4.75. The van der Waals surface area contributed by atoms with Crippen molar-refractivity contribution in [2.24, 2.45) is 0 Å². The number of hydrogen-bond acceptors (Lipinski definition) is 5. The van der Waals surface area contributed by atoms with Gasteiger partial charge in [0.2, 0.25) is 5.88 Å². The Kier molecular flexibility index (Phi) is 5.69. The molecule has 1 fully saturated rings. The van der Waals surface area contributed by atoms with Gasteiger partial charge in [0, 0.05) is 48.1 Å². The van der Waals surface area contributed by atoms with Crippen molar-refractivity contribution in [3.63, 3.8) is 0 Å². The van der Waals surface area contributed by atoms with E-state index in [1.165, 1.54) is 6.33 Å². The molecule has 8 heteroatoms. The molecule has 0 spiro atoms. The molecule has 3 heterocycles. The molecule has 0 unspecified atom stereocenters. The van der Waals surface area contributed by atoms with Crippen LogP contribution in [0.3, 0.4) is 0 Å². The Hall–Kier alpha value is -2.61. The van der Waals surface area contributed by atoms with E-state index in [0.717, 1.165) is 34.0 Å². The van der Waals surface area contributed by atoms with E-state index in [9.17, 15) is 4.79 Å². The van der Waals surface area contributed by atoms with Crippen LogP contribution >= 0.6 is 15.9 Å². The smallest absolute Gasteiger partial charge is 0.410 e. The normalized spacial score (nSPS) is 15.4. The molecular weight excluding hydrogens is 448 g/mol. The molecule has 1 saturated heterocycles. The van der Waals surface area contributed by atoms with Gasteiger partial charge >= 0.3 is 6.09 Å². The Bertz CT molecular complexity index is 1050. The summed E-state index contributed by atoms with van der Waals surface area (Å²) >= 11 is 3.50. The van der Waals surface area contributed by atoms with Crippen molar-refractivity contribution in [2.75, 3.05) is 13.1 Å².